The summed E-state index contributed by atoms with van der Waals surface area (Å²) in [7, 11) is -3.74. The zero-order chi connectivity index (χ0) is 17.3. The van der Waals surface area contributed by atoms with Crippen LogP contribution in [0.5, 0.6) is 0 Å². The molecule has 0 aliphatic heterocycles. The van der Waals surface area contributed by atoms with Crippen molar-refractivity contribution in [3.63, 3.8) is 0 Å². The second kappa shape index (κ2) is 6.36. The Balaban J connectivity index is 2.06. The van der Waals surface area contributed by atoms with E-state index in [1.165, 1.54) is 24.8 Å². The third-order valence-electron chi connectivity index (χ3n) is 3.51. The fourth-order valence-corrected chi connectivity index (χ4v) is 3.64. The van der Waals surface area contributed by atoms with Gasteiger partial charge in [0.15, 0.2) is 5.82 Å². The van der Waals surface area contributed by atoms with Crippen LogP contribution >= 0.6 is 15.9 Å². The van der Waals surface area contributed by atoms with Gasteiger partial charge < -0.3 is 0 Å². The maximum Gasteiger partial charge on any atom is 0.262 e. The third kappa shape index (κ3) is 3.06. The number of aromatic nitrogens is 5. The van der Waals surface area contributed by atoms with Crippen molar-refractivity contribution in [3.05, 3.63) is 47.1 Å². The highest BCUT2D eigenvalue weighted by atomic mass is 79.9. The number of aryl methyl sites for hydroxylation is 1. The minimum Gasteiger partial charge on any atom is -0.274 e. The van der Waals surface area contributed by atoms with Gasteiger partial charge in [0.2, 0.25) is 0 Å². The van der Waals surface area contributed by atoms with Crippen LogP contribution in [0.25, 0.3) is 5.82 Å². The summed E-state index contributed by atoms with van der Waals surface area (Å²) in [4.78, 5) is 0.170. The van der Waals surface area contributed by atoms with Crippen LogP contribution in [0.15, 0.2) is 46.3 Å². The Hall–Kier alpha value is -2.20. The van der Waals surface area contributed by atoms with Gasteiger partial charge in [-0.1, -0.05) is 15.9 Å². The number of nitrogens with one attached hydrogen (secondary N) is 1. The number of halogens is 1. The molecule has 0 atom stereocenters. The van der Waals surface area contributed by atoms with Gasteiger partial charge in [0, 0.05) is 11.0 Å². The Morgan fingerprint density at radius 1 is 1.17 bits per heavy atom. The van der Waals surface area contributed by atoms with E-state index in [1.807, 2.05) is 13.8 Å². The lowest BCUT2D eigenvalue weighted by atomic mass is 10.4. The van der Waals surface area contributed by atoms with Crippen LogP contribution in [0.4, 0.5) is 5.69 Å². The molecule has 2 aromatic heterocycles. The van der Waals surface area contributed by atoms with Crippen molar-refractivity contribution in [1.82, 2.24) is 24.5 Å². The average Bonchev–Trinajstić information content (AvgIpc) is 3.17. The van der Waals surface area contributed by atoms with E-state index in [-0.39, 0.29) is 4.90 Å². The zero-order valence-corrected chi connectivity index (χ0v) is 15.4. The maximum absolute atomic E-state index is 12.7. The molecule has 3 rings (SSSR count). The van der Waals surface area contributed by atoms with Crippen molar-refractivity contribution in [2.75, 3.05) is 4.72 Å². The number of hydrogen-bond acceptors (Lipinski definition) is 5. The molecule has 0 saturated carbocycles. The van der Waals surface area contributed by atoms with Gasteiger partial charge in [-0.25, -0.2) is 8.42 Å². The molecule has 0 saturated heterocycles. The number of hydrogen-bond donors (Lipinski definition) is 1. The van der Waals surface area contributed by atoms with E-state index in [0.717, 1.165) is 4.47 Å². The third-order valence-corrected chi connectivity index (χ3v) is 5.41. The molecule has 1 N–H and O–H groups in total. The Labute approximate surface area is 147 Å². The molecule has 0 bridgehead atoms. The van der Waals surface area contributed by atoms with Crippen LogP contribution in [0.3, 0.4) is 0 Å². The predicted octanol–water partition coefficient (Wildman–Crippen LogP) is 2.36. The Morgan fingerprint density at radius 2 is 1.79 bits per heavy atom. The maximum atomic E-state index is 12.7. The van der Waals surface area contributed by atoms with Gasteiger partial charge in [-0.15, -0.1) is 10.2 Å². The van der Waals surface area contributed by atoms with Gasteiger partial charge in [0.1, 0.15) is 18.3 Å². The molecule has 24 heavy (non-hydrogen) atoms. The lowest BCUT2D eigenvalue weighted by Crippen LogP contribution is -2.14. The first-order chi connectivity index (χ1) is 11.4. The molecule has 0 radical (unpaired) electrons. The summed E-state index contributed by atoms with van der Waals surface area (Å²) in [5, 5.41) is 11.9. The molecular formula is C14H15BrN6O2S. The standard InChI is InChI=1S/C14H15BrN6O2S/c1-3-21-10(2)13(14(18-21)20-8-16-17-9-20)19-24(22,23)12-6-4-11(15)5-7-12/h4-9,19H,3H2,1-2H3. The van der Waals surface area contributed by atoms with E-state index in [9.17, 15) is 8.42 Å². The van der Waals surface area contributed by atoms with E-state index < -0.39 is 10.0 Å². The Morgan fingerprint density at radius 3 is 2.38 bits per heavy atom. The molecule has 0 fully saturated rings. The SMILES string of the molecule is CCn1nc(-n2cnnc2)c(NS(=O)(=O)c2ccc(Br)cc2)c1C. The highest BCUT2D eigenvalue weighted by molar-refractivity contribution is 9.10. The zero-order valence-electron chi connectivity index (χ0n) is 13.0. The molecule has 0 amide bonds. The van der Waals surface area contributed by atoms with Crippen LogP contribution < -0.4 is 4.72 Å². The minimum absolute atomic E-state index is 0.170. The van der Waals surface area contributed by atoms with Crippen molar-refractivity contribution < 1.29 is 8.42 Å². The number of anilines is 1. The highest BCUT2D eigenvalue weighted by Crippen LogP contribution is 2.27. The normalized spacial score (nSPS) is 11.6. The average molecular weight is 411 g/mol. The summed E-state index contributed by atoms with van der Waals surface area (Å²) in [6.07, 6.45) is 2.94. The van der Waals surface area contributed by atoms with Crippen LogP contribution in [0.2, 0.25) is 0 Å². The first-order valence-corrected chi connectivity index (χ1v) is 9.41. The summed E-state index contributed by atoms with van der Waals surface area (Å²) in [5.74, 6) is 0.431. The van der Waals surface area contributed by atoms with Gasteiger partial charge in [-0.05, 0) is 38.1 Å². The number of rotatable bonds is 5. The molecule has 1 aromatic carbocycles. The molecular weight excluding hydrogens is 396 g/mol. The lowest BCUT2D eigenvalue weighted by molar-refractivity contribution is 0.601. The molecule has 8 nitrogen and oxygen atoms in total. The van der Waals surface area contributed by atoms with Crippen LogP contribution in [-0.2, 0) is 16.6 Å². The first kappa shape index (κ1) is 16.7. The number of nitrogens with zero attached hydrogens (tertiary/aromatic N) is 5. The summed E-state index contributed by atoms with van der Waals surface area (Å²) < 4.78 is 32.1. The van der Waals surface area contributed by atoms with Gasteiger partial charge in [-0.3, -0.25) is 14.0 Å². The summed E-state index contributed by atoms with van der Waals surface area (Å²) in [6.45, 7) is 4.35. The highest BCUT2D eigenvalue weighted by Gasteiger charge is 2.22. The fraction of sp³-hybridized carbons (Fsp3) is 0.214. The molecule has 0 unspecified atom stereocenters. The molecule has 0 spiro atoms. The minimum atomic E-state index is -3.74. The second-order valence-corrected chi connectivity index (χ2v) is 7.63. The summed E-state index contributed by atoms with van der Waals surface area (Å²) in [5.41, 5.74) is 1.11. The summed E-state index contributed by atoms with van der Waals surface area (Å²) >= 11 is 3.30. The van der Waals surface area contributed by atoms with Crippen molar-refractivity contribution in [3.8, 4) is 5.82 Å². The van der Waals surface area contributed by atoms with Gasteiger partial charge in [0.25, 0.3) is 10.0 Å². The van der Waals surface area contributed by atoms with E-state index in [2.05, 4.69) is 35.9 Å². The van der Waals surface area contributed by atoms with Crippen LogP contribution in [0, 0.1) is 6.92 Å². The molecule has 0 aliphatic carbocycles. The topological polar surface area (TPSA) is 94.7 Å². The van der Waals surface area contributed by atoms with Crippen molar-refractivity contribution in [2.45, 2.75) is 25.3 Å². The predicted molar refractivity (Wildman–Crippen MR) is 92.5 cm³/mol. The smallest absolute Gasteiger partial charge is 0.262 e. The van der Waals surface area contributed by atoms with E-state index in [4.69, 9.17) is 0 Å². The molecule has 126 valence electrons. The molecule has 3 aromatic rings. The Bertz CT molecular complexity index is 948. The van der Waals surface area contributed by atoms with Crippen LogP contribution in [-0.4, -0.2) is 33.0 Å². The fourth-order valence-electron chi connectivity index (χ4n) is 2.26. The van der Waals surface area contributed by atoms with Gasteiger partial charge in [0.05, 0.1) is 10.6 Å². The molecule has 0 aliphatic rings. The van der Waals surface area contributed by atoms with Crippen molar-refractivity contribution in [1.29, 1.82) is 0 Å². The summed E-state index contributed by atoms with van der Waals surface area (Å²) in [6, 6.07) is 6.42. The Kier molecular flexibility index (Phi) is 4.41. The largest absolute Gasteiger partial charge is 0.274 e. The monoisotopic (exact) mass is 410 g/mol. The van der Waals surface area contributed by atoms with Crippen molar-refractivity contribution >= 4 is 31.6 Å². The first-order valence-electron chi connectivity index (χ1n) is 7.13. The van der Waals surface area contributed by atoms with E-state index >= 15 is 0 Å². The number of sulfonamides is 1. The molecule has 10 heteroatoms. The van der Waals surface area contributed by atoms with Gasteiger partial charge >= 0.3 is 0 Å². The number of benzene rings is 1. The van der Waals surface area contributed by atoms with Crippen LogP contribution in [0.1, 0.15) is 12.6 Å². The van der Waals surface area contributed by atoms with E-state index in [0.29, 0.717) is 23.7 Å². The molecule has 2 heterocycles. The quantitative estimate of drug-likeness (QED) is 0.696. The van der Waals surface area contributed by atoms with Gasteiger partial charge in [-0.2, -0.15) is 5.10 Å². The lowest BCUT2D eigenvalue weighted by Gasteiger charge is -2.09. The van der Waals surface area contributed by atoms with Crippen molar-refractivity contribution in [2.24, 2.45) is 0 Å². The second-order valence-electron chi connectivity index (χ2n) is 5.03. The van der Waals surface area contributed by atoms with E-state index in [1.54, 1.807) is 21.4 Å².